The number of hydrogen-bond acceptors (Lipinski definition) is 6. The molecule has 3 aliphatic carbocycles. The fourth-order valence-corrected chi connectivity index (χ4v) is 6.34. The van der Waals surface area contributed by atoms with Gasteiger partial charge in [-0.15, -0.1) is 0 Å². The molecule has 2 saturated carbocycles. The van der Waals surface area contributed by atoms with Crippen LogP contribution in [0.15, 0.2) is 23.3 Å². The van der Waals surface area contributed by atoms with Gasteiger partial charge in [0.1, 0.15) is 18.3 Å². The van der Waals surface area contributed by atoms with Gasteiger partial charge < -0.3 is 19.7 Å². The molecule has 0 aromatic carbocycles. The first-order valence-electron chi connectivity index (χ1n) is 10.9. The van der Waals surface area contributed by atoms with E-state index >= 15 is 0 Å². The number of esters is 2. The molecule has 0 heterocycles. The zero-order valence-electron chi connectivity index (χ0n) is 19.0. The van der Waals surface area contributed by atoms with Crippen molar-refractivity contribution in [1.29, 1.82) is 0 Å². The minimum atomic E-state index is -1.06. The summed E-state index contributed by atoms with van der Waals surface area (Å²) in [5.41, 5.74) is 1.47. The number of carbonyl (C=O) groups is 2. The molecule has 0 saturated heterocycles. The summed E-state index contributed by atoms with van der Waals surface area (Å²) in [4.78, 5) is 23.3. The standard InChI is InChI=1S/C24H36O6/c1-12-17-10-16-11-19(30-15(4)26)13(2)20(23(16,5)6)21(27)22(28)24(17,7)9-8-18(12)29-14(3)25/h16-19,21-22,27-28H,1,8-11H2,2-7H3/t16-,17-,18?,19?,21?,22?,24-/m1/s1. The molecule has 4 unspecified atom stereocenters. The summed E-state index contributed by atoms with van der Waals surface area (Å²) in [7, 11) is 0. The van der Waals surface area contributed by atoms with Gasteiger partial charge in [0, 0.05) is 19.3 Å². The molecule has 2 bridgehead atoms. The Hall–Kier alpha value is -1.66. The molecule has 0 aromatic rings. The van der Waals surface area contributed by atoms with E-state index in [2.05, 4.69) is 20.4 Å². The van der Waals surface area contributed by atoms with E-state index in [-0.39, 0.29) is 35.3 Å². The lowest BCUT2D eigenvalue weighted by Crippen LogP contribution is -2.57. The predicted octanol–water partition coefficient (Wildman–Crippen LogP) is 3.31. The summed E-state index contributed by atoms with van der Waals surface area (Å²) in [6.45, 7) is 15.2. The average Bonchev–Trinajstić information content (AvgIpc) is 2.62. The Morgan fingerprint density at radius 2 is 1.60 bits per heavy atom. The maximum Gasteiger partial charge on any atom is 0.303 e. The summed E-state index contributed by atoms with van der Waals surface area (Å²) in [6.07, 6.45) is -0.274. The third-order valence-corrected chi connectivity index (χ3v) is 8.13. The molecule has 6 heteroatoms. The van der Waals surface area contributed by atoms with Crippen molar-refractivity contribution in [1.82, 2.24) is 0 Å². The summed E-state index contributed by atoms with van der Waals surface area (Å²) in [5, 5.41) is 22.8. The maximum absolute atomic E-state index is 11.7. The molecule has 0 aliphatic heterocycles. The van der Waals surface area contributed by atoms with Crippen LogP contribution in [0.4, 0.5) is 0 Å². The maximum atomic E-state index is 11.7. The molecule has 3 rings (SSSR count). The highest BCUT2D eigenvalue weighted by Crippen LogP contribution is 2.59. The van der Waals surface area contributed by atoms with Crippen molar-refractivity contribution in [2.24, 2.45) is 22.7 Å². The van der Waals surface area contributed by atoms with Crippen LogP contribution in [-0.4, -0.2) is 46.6 Å². The minimum absolute atomic E-state index is 0.111. The average molecular weight is 421 g/mol. The number of rotatable bonds is 2. The van der Waals surface area contributed by atoms with Crippen molar-refractivity contribution >= 4 is 11.9 Å². The zero-order chi connectivity index (χ0) is 22.6. The van der Waals surface area contributed by atoms with Gasteiger partial charge in [-0.2, -0.15) is 0 Å². The molecular weight excluding hydrogens is 384 g/mol. The first kappa shape index (κ1) is 23.0. The Bertz CT molecular complexity index is 781. The van der Waals surface area contributed by atoms with Crippen LogP contribution < -0.4 is 0 Å². The van der Waals surface area contributed by atoms with Gasteiger partial charge in [0.2, 0.25) is 0 Å². The van der Waals surface area contributed by atoms with Gasteiger partial charge in [-0.05, 0) is 66.6 Å². The first-order chi connectivity index (χ1) is 13.8. The first-order valence-corrected chi connectivity index (χ1v) is 10.9. The minimum Gasteiger partial charge on any atom is -0.458 e. The van der Waals surface area contributed by atoms with Crippen LogP contribution in [0, 0.1) is 22.7 Å². The molecule has 0 amide bonds. The predicted molar refractivity (Wildman–Crippen MR) is 112 cm³/mol. The summed E-state index contributed by atoms with van der Waals surface area (Å²) in [6, 6.07) is 0. The number of fused-ring (bicyclic) bond motifs is 3. The van der Waals surface area contributed by atoms with Crippen molar-refractivity contribution < 1.29 is 29.3 Å². The Kier molecular flexibility index (Phi) is 5.98. The summed E-state index contributed by atoms with van der Waals surface area (Å²) >= 11 is 0. The fraction of sp³-hybridized carbons (Fsp3) is 0.750. The third-order valence-electron chi connectivity index (χ3n) is 8.13. The van der Waals surface area contributed by atoms with Crippen molar-refractivity contribution in [3.8, 4) is 0 Å². The lowest BCUT2D eigenvalue weighted by Gasteiger charge is -2.57. The molecule has 30 heavy (non-hydrogen) atoms. The lowest BCUT2D eigenvalue weighted by atomic mass is 9.50. The molecule has 2 N–H and O–H groups in total. The molecule has 6 nitrogen and oxygen atoms in total. The van der Waals surface area contributed by atoms with Crippen LogP contribution in [-0.2, 0) is 19.1 Å². The van der Waals surface area contributed by atoms with Gasteiger partial charge >= 0.3 is 11.9 Å². The van der Waals surface area contributed by atoms with E-state index in [1.165, 1.54) is 13.8 Å². The smallest absolute Gasteiger partial charge is 0.303 e. The van der Waals surface area contributed by atoms with E-state index < -0.39 is 23.7 Å². The monoisotopic (exact) mass is 420 g/mol. The topological polar surface area (TPSA) is 93.1 Å². The summed E-state index contributed by atoms with van der Waals surface area (Å²) < 4.78 is 11.1. The normalized spacial score (nSPS) is 40.7. The summed E-state index contributed by atoms with van der Waals surface area (Å²) in [5.74, 6) is -0.710. The van der Waals surface area contributed by atoms with Crippen LogP contribution in [0.2, 0.25) is 0 Å². The Morgan fingerprint density at radius 1 is 1.03 bits per heavy atom. The van der Waals surface area contributed by atoms with Crippen molar-refractivity contribution in [2.45, 2.75) is 91.6 Å². The van der Waals surface area contributed by atoms with E-state index in [4.69, 9.17) is 9.47 Å². The van der Waals surface area contributed by atoms with Gasteiger partial charge in [0.05, 0.1) is 6.10 Å². The van der Waals surface area contributed by atoms with E-state index in [1.54, 1.807) is 0 Å². The van der Waals surface area contributed by atoms with Crippen LogP contribution in [0.25, 0.3) is 0 Å². The van der Waals surface area contributed by atoms with E-state index in [1.807, 2.05) is 13.8 Å². The third kappa shape index (κ3) is 3.62. The fourth-order valence-electron chi connectivity index (χ4n) is 6.34. The number of hydrogen-bond donors (Lipinski definition) is 2. The number of ether oxygens (including phenoxy) is 2. The quantitative estimate of drug-likeness (QED) is 0.526. The highest BCUT2D eigenvalue weighted by Gasteiger charge is 2.57. The van der Waals surface area contributed by atoms with E-state index in [9.17, 15) is 19.8 Å². The van der Waals surface area contributed by atoms with Crippen LogP contribution in [0.1, 0.15) is 67.2 Å². The molecule has 7 atom stereocenters. The molecule has 0 spiro atoms. The van der Waals surface area contributed by atoms with Gasteiger partial charge in [0.15, 0.2) is 0 Å². The Balaban J connectivity index is 2.09. The van der Waals surface area contributed by atoms with Gasteiger partial charge in [-0.25, -0.2) is 0 Å². The van der Waals surface area contributed by atoms with Gasteiger partial charge in [0.25, 0.3) is 0 Å². The highest BCUT2D eigenvalue weighted by molar-refractivity contribution is 5.67. The van der Waals surface area contributed by atoms with Crippen LogP contribution in [0.5, 0.6) is 0 Å². The molecule has 168 valence electrons. The van der Waals surface area contributed by atoms with E-state index in [0.29, 0.717) is 19.3 Å². The van der Waals surface area contributed by atoms with Crippen molar-refractivity contribution in [3.05, 3.63) is 23.3 Å². The second-order valence-electron chi connectivity index (χ2n) is 10.2. The van der Waals surface area contributed by atoms with E-state index in [0.717, 1.165) is 23.1 Å². The molecule has 0 radical (unpaired) electrons. The highest BCUT2D eigenvalue weighted by atomic mass is 16.5. The van der Waals surface area contributed by atoms with Gasteiger partial charge in [-0.1, -0.05) is 27.4 Å². The lowest BCUT2D eigenvalue weighted by molar-refractivity contribution is -0.153. The molecular formula is C24H36O6. The van der Waals surface area contributed by atoms with Crippen molar-refractivity contribution in [2.75, 3.05) is 0 Å². The molecule has 2 fully saturated rings. The Labute approximate surface area is 179 Å². The Morgan fingerprint density at radius 3 is 2.17 bits per heavy atom. The molecule has 3 aliphatic rings. The SMILES string of the molecule is C=C1C(OC(C)=O)CC[C@@]2(C)C(O)C(O)C3=C(C)C(OC(C)=O)C[C@@H](C[C@H]12)C3(C)C. The van der Waals surface area contributed by atoms with Crippen molar-refractivity contribution in [3.63, 3.8) is 0 Å². The second-order valence-corrected chi connectivity index (χ2v) is 10.2. The van der Waals surface area contributed by atoms with Crippen LogP contribution in [0.3, 0.4) is 0 Å². The number of carbonyl (C=O) groups excluding carboxylic acids is 2. The molecule has 0 aromatic heterocycles. The number of aliphatic hydroxyl groups is 2. The van der Waals surface area contributed by atoms with Gasteiger partial charge in [-0.3, -0.25) is 9.59 Å². The van der Waals surface area contributed by atoms with Crippen LogP contribution >= 0.6 is 0 Å². The second kappa shape index (κ2) is 7.79. The number of aliphatic hydroxyl groups excluding tert-OH is 2. The zero-order valence-corrected chi connectivity index (χ0v) is 19.0. The largest absolute Gasteiger partial charge is 0.458 e.